The standard InChI is InChI=1S/C21H19F2N3O2.C17H10F2N2O3/c22-15-8-14-17(9-16(15)23)24-18(10-26-5-1-2-6-26)19(14)20-13-7-11(27)3-4-12(13)21(28)25-20;18-11-4-10-13(5-12(11)19)20-14(6-22)15(10)16-9-3-7(23)1-2-8(9)17(24)21-16/h3-4,7-9,20,24,27H,1-2,5-6,10H2,(H,25,28);1-6,16,20,23H,(H,21,24). The number of H-pyrrole nitrogens is 2. The average Bonchev–Trinajstić information content (AvgIpc) is 3.93. The number of aldehydes is 1. The summed E-state index contributed by atoms with van der Waals surface area (Å²) in [5, 5.41) is 26.1. The van der Waals surface area contributed by atoms with E-state index in [1.54, 1.807) is 12.1 Å². The lowest BCUT2D eigenvalue weighted by molar-refractivity contribution is 0.0952. The highest BCUT2D eigenvalue weighted by atomic mass is 19.2. The fraction of sp³-hybridized carbons (Fsp3) is 0.184. The van der Waals surface area contributed by atoms with Crippen LogP contribution in [0.2, 0.25) is 0 Å². The maximum Gasteiger partial charge on any atom is 0.252 e. The van der Waals surface area contributed by atoms with Crippen LogP contribution in [0.5, 0.6) is 11.5 Å². The minimum atomic E-state index is -1.05. The molecule has 4 aromatic carbocycles. The van der Waals surface area contributed by atoms with E-state index in [1.165, 1.54) is 30.3 Å². The van der Waals surface area contributed by atoms with Gasteiger partial charge in [0.05, 0.1) is 17.8 Å². The van der Waals surface area contributed by atoms with Crippen molar-refractivity contribution >= 4 is 39.9 Å². The number of aromatic amines is 2. The Morgan fingerprint density at radius 1 is 0.673 bits per heavy atom. The minimum absolute atomic E-state index is 0.0417. The molecule has 2 atom stereocenters. The Kier molecular flexibility index (Phi) is 7.98. The molecule has 0 spiro atoms. The SMILES string of the molecule is O=C1NC(c2c(CN3CCCC3)[nH]c3cc(F)c(F)cc23)c2cc(O)ccc21.O=Cc1[nH]c2cc(F)c(F)cc2c1C1NC(=O)c2ccc(O)cc21. The fourth-order valence-electron chi connectivity index (χ4n) is 7.54. The third-order valence-corrected chi connectivity index (χ3v) is 9.88. The van der Waals surface area contributed by atoms with Gasteiger partial charge in [0.15, 0.2) is 29.6 Å². The first kappa shape index (κ1) is 33.0. The van der Waals surface area contributed by atoms with E-state index in [1.807, 2.05) is 0 Å². The van der Waals surface area contributed by atoms with E-state index >= 15 is 0 Å². The smallest absolute Gasteiger partial charge is 0.252 e. The van der Waals surface area contributed by atoms with E-state index in [0.717, 1.165) is 55.4 Å². The maximum atomic E-state index is 14.0. The normalized spacial score (nSPS) is 17.9. The quantitative estimate of drug-likeness (QED) is 0.0903. The molecule has 9 rings (SSSR count). The van der Waals surface area contributed by atoms with Crippen molar-refractivity contribution in [1.29, 1.82) is 0 Å². The summed E-state index contributed by atoms with van der Waals surface area (Å²) >= 11 is 0. The second-order valence-electron chi connectivity index (χ2n) is 13.1. The van der Waals surface area contributed by atoms with Gasteiger partial charge in [-0.1, -0.05) is 0 Å². The summed E-state index contributed by atoms with van der Waals surface area (Å²) in [5.74, 6) is -4.55. The number of nitrogens with zero attached hydrogens (tertiary/aromatic N) is 1. The van der Waals surface area contributed by atoms with E-state index in [9.17, 15) is 42.2 Å². The molecule has 264 valence electrons. The van der Waals surface area contributed by atoms with Crippen LogP contribution < -0.4 is 10.6 Å². The van der Waals surface area contributed by atoms with E-state index in [2.05, 4.69) is 25.5 Å². The molecule has 6 aromatic rings. The van der Waals surface area contributed by atoms with Crippen LogP contribution in [0.3, 0.4) is 0 Å². The molecule has 2 aromatic heterocycles. The highest BCUT2D eigenvalue weighted by molar-refractivity contribution is 6.03. The molecule has 1 saturated heterocycles. The van der Waals surface area contributed by atoms with E-state index in [-0.39, 0.29) is 39.9 Å². The summed E-state index contributed by atoms with van der Waals surface area (Å²) in [6, 6.07) is 11.8. The number of carbonyl (C=O) groups is 3. The molecular formula is C38H29F4N5O5. The molecule has 52 heavy (non-hydrogen) atoms. The summed E-state index contributed by atoms with van der Waals surface area (Å²) in [6.07, 6.45) is 2.77. The molecule has 2 unspecified atom stereocenters. The predicted octanol–water partition coefficient (Wildman–Crippen LogP) is 6.38. The van der Waals surface area contributed by atoms with Gasteiger partial charge in [0, 0.05) is 68.4 Å². The molecule has 5 heterocycles. The van der Waals surface area contributed by atoms with Crippen LogP contribution in [0.1, 0.15) is 84.1 Å². The lowest BCUT2D eigenvalue weighted by atomic mass is 9.95. The Morgan fingerprint density at radius 3 is 1.69 bits per heavy atom. The highest BCUT2D eigenvalue weighted by Crippen LogP contribution is 2.41. The molecule has 3 aliphatic heterocycles. The molecule has 2 amide bonds. The zero-order valence-electron chi connectivity index (χ0n) is 27.1. The predicted molar refractivity (Wildman–Crippen MR) is 181 cm³/mol. The molecule has 0 saturated carbocycles. The topological polar surface area (TPSA) is 151 Å². The zero-order chi connectivity index (χ0) is 36.4. The molecule has 0 radical (unpaired) electrons. The van der Waals surface area contributed by atoms with Crippen LogP contribution in [-0.4, -0.2) is 56.3 Å². The van der Waals surface area contributed by atoms with Gasteiger partial charge in [0.1, 0.15) is 11.5 Å². The van der Waals surface area contributed by atoms with Gasteiger partial charge in [-0.2, -0.15) is 0 Å². The van der Waals surface area contributed by atoms with E-state index < -0.39 is 35.4 Å². The number of likely N-dealkylation sites (tertiary alicyclic amines) is 1. The molecular weight excluding hydrogens is 682 g/mol. The van der Waals surface area contributed by atoms with Gasteiger partial charge in [-0.25, -0.2) is 17.6 Å². The number of phenolic OH excluding ortho intramolecular Hbond substituents is 2. The van der Waals surface area contributed by atoms with Crippen LogP contribution in [0.25, 0.3) is 21.8 Å². The summed E-state index contributed by atoms with van der Waals surface area (Å²) in [6.45, 7) is 2.53. The number of rotatable bonds is 5. The van der Waals surface area contributed by atoms with Crippen molar-refractivity contribution in [2.75, 3.05) is 13.1 Å². The van der Waals surface area contributed by atoms with Gasteiger partial charge >= 0.3 is 0 Å². The summed E-state index contributed by atoms with van der Waals surface area (Å²) in [4.78, 5) is 44.2. The monoisotopic (exact) mass is 711 g/mol. The van der Waals surface area contributed by atoms with Crippen molar-refractivity contribution in [1.82, 2.24) is 25.5 Å². The lowest BCUT2D eigenvalue weighted by Gasteiger charge is -2.18. The van der Waals surface area contributed by atoms with Gasteiger partial charge in [0.25, 0.3) is 11.8 Å². The highest BCUT2D eigenvalue weighted by Gasteiger charge is 2.35. The fourth-order valence-corrected chi connectivity index (χ4v) is 7.54. The summed E-state index contributed by atoms with van der Waals surface area (Å²) in [7, 11) is 0. The Bertz CT molecular complexity index is 2470. The molecule has 14 heteroatoms. The Labute approximate surface area is 292 Å². The number of aromatic nitrogens is 2. The number of phenols is 2. The largest absolute Gasteiger partial charge is 0.508 e. The summed E-state index contributed by atoms with van der Waals surface area (Å²) < 4.78 is 55.0. The van der Waals surface area contributed by atoms with Crippen molar-refractivity contribution in [2.24, 2.45) is 0 Å². The second-order valence-corrected chi connectivity index (χ2v) is 13.1. The van der Waals surface area contributed by atoms with Gasteiger partial charge < -0.3 is 30.8 Å². The number of hydrogen-bond donors (Lipinski definition) is 6. The second kappa shape index (κ2) is 12.6. The average molecular weight is 712 g/mol. The lowest BCUT2D eigenvalue weighted by Crippen LogP contribution is -2.23. The van der Waals surface area contributed by atoms with E-state index in [4.69, 9.17) is 0 Å². The number of nitrogens with one attached hydrogen (secondary N) is 4. The number of hydrogen-bond acceptors (Lipinski definition) is 6. The van der Waals surface area contributed by atoms with Gasteiger partial charge in [-0.3, -0.25) is 19.3 Å². The first-order valence-corrected chi connectivity index (χ1v) is 16.5. The van der Waals surface area contributed by atoms with Crippen LogP contribution in [0, 0.1) is 23.3 Å². The van der Waals surface area contributed by atoms with Crippen LogP contribution in [0.4, 0.5) is 17.6 Å². The van der Waals surface area contributed by atoms with Crippen molar-refractivity contribution in [2.45, 2.75) is 31.5 Å². The van der Waals surface area contributed by atoms with Crippen molar-refractivity contribution < 1.29 is 42.2 Å². The maximum absolute atomic E-state index is 14.0. The number of aromatic hydroxyl groups is 2. The van der Waals surface area contributed by atoms with Gasteiger partial charge in [-0.05, 0) is 85.6 Å². The Hall–Kier alpha value is -6.15. The molecule has 1 fully saturated rings. The number of amides is 2. The van der Waals surface area contributed by atoms with Crippen LogP contribution in [0.15, 0.2) is 60.7 Å². The third kappa shape index (κ3) is 5.51. The minimum Gasteiger partial charge on any atom is -0.508 e. The molecule has 10 nitrogen and oxygen atoms in total. The Balaban J connectivity index is 0.000000151. The number of benzene rings is 4. The zero-order valence-corrected chi connectivity index (χ0v) is 27.1. The molecule has 6 N–H and O–H groups in total. The molecule has 3 aliphatic rings. The van der Waals surface area contributed by atoms with Crippen molar-refractivity contribution in [3.8, 4) is 11.5 Å². The van der Waals surface area contributed by atoms with Gasteiger partial charge in [-0.15, -0.1) is 0 Å². The first-order chi connectivity index (χ1) is 25.0. The Morgan fingerprint density at radius 2 is 1.15 bits per heavy atom. The number of halogens is 4. The van der Waals surface area contributed by atoms with Crippen LogP contribution >= 0.6 is 0 Å². The molecule has 0 bridgehead atoms. The third-order valence-electron chi connectivity index (χ3n) is 9.88. The number of carbonyl (C=O) groups excluding carboxylic acids is 3. The van der Waals surface area contributed by atoms with E-state index in [0.29, 0.717) is 51.6 Å². The van der Waals surface area contributed by atoms with Gasteiger partial charge in [0.2, 0.25) is 0 Å². The molecule has 0 aliphatic carbocycles. The van der Waals surface area contributed by atoms with Crippen LogP contribution in [-0.2, 0) is 6.54 Å². The summed E-state index contributed by atoms with van der Waals surface area (Å²) in [5.41, 5.74) is 4.65. The first-order valence-electron chi connectivity index (χ1n) is 16.5. The van der Waals surface area contributed by atoms with Crippen molar-refractivity contribution in [3.63, 3.8) is 0 Å². The van der Waals surface area contributed by atoms with Crippen molar-refractivity contribution in [3.05, 3.63) is 129 Å². The number of fused-ring (bicyclic) bond motifs is 4.